The van der Waals surface area contributed by atoms with E-state index < -0.39 is 23.2 Å². The van der Waals surface area contributed by atoms with Crippen LogP contribution in [0.15, 0.2) is 12.1 Å². The van der Waals surface area contributed by atoms with Gasteiger partial charge in [0.25, 0.3) is 0 Å². The van der Waals surface area contributed by atoms with E-state index >= 15 is 0 Å². The highest BCUT2D eigenvalue weighted by Crippen LogP contribution is 2.28. The second kappa shape index (κ2) is 5.52. The van der Waals surface area contributed by atoms with Gasteiger partial charge in [-0.25, -0.2) is 13.6 Å². The zero-order valence-corrected chi connectivity index (χ0v) is 10.5. The maximum Gasteiger partial charge on any atom is 0.338 e. The Bertz CT molecular complexity index is 493. The molecule has 1 atom stereocenters. The number of halogens is 2. The highest BCUT2D eigenvalue weighted by Gasteiger charge is 2.27. The number of nitrogens with zero attached hydrogens (tertiary/aromatic N) is 1. The second-order valence-corrected chi connectivity index (χ2v) is 4.40. The van der Waals surface area contributed by atoms with Crippen LogP contribution in [0.2, 0.25) is 0 Å². The van der Waals surface area contributed by atoms with Crippen LogP contribution in [0.5, 0.6) is 0 Å². The van der Waals surface area contributed by atoms with E-state index in [1.165, 1.54) is 6.07 Å². The first kappa shape index (κ1) is 13.7. The Morgan fingerprint density at radius 1 is 1.47 bits per heavy atom. The quantitative estimate of drug-likeness (QED) is 0.916. The minimum absolute atomic E-state index is 0.0293. The van der Waals surface area contributed by atoms with Gasteiger partial charge in [-0.15, -0.1) is 0 Å². The molecule has 6 heteroatoms. The van der Waals surface area contributed by atoms with Crippen LogP contribution in [0.4, 0.5) is 14.5 Å². The van der Waals surface area contributed by atoms with Crippen molar-refractivity contribution in [3.63, 3.8) is 0 Å². The largest absolute Gasteiger partial charge is 0.478 e. The number of carbonyl (C=O) groups is 1. The summed E-state index contributed by atoms with van der Waals surface area (Å²) >= 11 is 0. The summed E-state index contributed by atoms with van der Waals surface area (Å²) in [5.74, 6) is -3.90. The average molecular weight is 271 g/mol. The molecule has 0 bridgehead atoms. The Labute approximate surface area is 109 Å². The maximum absolute atomic E-state index is 14.0. The molecule has 0 spiro atoms. The Morgan fingerprint density at radius 2 is 2.21 bits per heavy atom. The third-order valence-electron chi connectivity index (χ3n) is 3.30. The number of hydrogen-bond acceptors (Lipinski definition) is 3. The van der Waals surface area contributed by atoms with Crippen molar-refractivity contribution in [3.8, 4) is 0 Å². The molecule has 1 fully saturated rings. The fourth-order valence-electron chi connectivity index (χ4n) is 2.24. The highest BCUT2D eigenvalue weighted by molar-refractivity contribution is 5.88. The number of carboxylic acid groups (broad SMARTS) is 1. The molecule has 0 aliphatic carbocycles. The summed E-state index contributed by atoms with van der Waals surface area (Å²) in [5, 5.41) is 8.75. The lowest BCUT2D eigenvalue weighted by Crippen LogP contribution is -2.45. The Hall–Kier alpha value is -1.69. The van der Waals surface area contributed by atoms with Crippen LogP contribution in [-0.4, -0.2) is 36.9 Å². The van der Waals surface area contributed by atoms with Gasteiger partial charge in [0, 0.05) is 6.54 Å². The predicted octanol–water partition coefficient (Wildman–Crippen LogP) is 2.28. The molecule has 1 aliphatic rings. The van der Waals surface area contributed by atoms with Crippen molar-refractivity contribution in [2.24, 2.45) is 0 Å². The van der Waals surface area contributed by atoms with Crippen LogP contribution in [0.3, 0.4) is 0 Å². The molecule has 2 rings (SSSR count). The number of hydrogen-bond donors (Lipinski definition) is 1. The normalized spacial score (nSPS) is 19.5. The molecule has 1 N–H and O–H groups in total. The summed E-state index contributed by atoms with van der Waals surface area (Å²) < 4.78 is 33.0. The minimum atomic E-state index is -1.48. The van der Waals surface area contributed by atoms with Crippen LogP contribution in [-0.2, 0) is 4.74 Å². The third-order valence-corrected chi connectivity index (χ3v) is 3.30. The van der Waals surface area contributed by atoms with E-state index in [1.807, 2.05) is 6.92 Å². The highest BCUT2D eigenvalue weighted by atomic mass is 19.2. The number of aromatic carboxylic acids is 1. The van der Waals surface area contributed by atoms with Crippen LogP contribution in [0.25, 0.3) is 0 Å². The molecule has 1 aliphatic heterocycles. The Morgan fingerprint density at radius 3 is 2.84 bits per heavy atom. The molecule has 104 valence electrons. The molecule has 19 heavy (non-hydrogen) atoms. The SMILES string of the molecule is CCC1COCCN1c1ccc(C(=O)O)c(F)c1F. The molecule has 1 heterocycles. The first-order valence-corrected chi connectivity index (χ1v) is 6.12. The van der Waals surface area contributed by atoms with E-state index in [-0.39, 0.29) is 11.7 Å². The molecule has 1 saturated heterocycles. The summed E-state index contributed by atoms with van der Waals surface area (Å²) in [6, 6.07) is 2.38. The van der Waals surface area contributed by atoms with Gasteiger partial charge < -0.3 is 14.7 Å². The van der Waals surface area contributed by atoms with Gasteiger partial charge in [-0.3, -0.25) is 0 Å². The van der Waals surface area contributed by atoms with E-state index in [0.29, 0.717) is 19.8 Å². The summed E-state index contributed by atoms with van der Waals surface area (Å²) in [6.45, 7) is 3.30. The minimum Gasteiger partial charge on any atom is -0.478 e. The fourth-order valence-corrected chi connectivity index (χ4v) is 2.24. The summed E-state index contributed by atoms with van der Waals surface area (Å²) in [4.78, 5) is 12.5. The van der Waals surface area contributed by atoms with Crippen molar-refractivity contribution >= 4 is 11.7 Å². The molecule has 0 saturated carbocycles. The summed E-state index contributed by atoms with van der Waals surface area (Å²) in [6.07, 6.45) is 0.738. The summed E-state index contributed by atoms with van der Waals surface area (Å²) in [5.41, 5.74) is -0.555. The molecule has 1 unspecified atom stereocenters. The molecular weight excluding hydrogens is 256 g/mol. The third kappa shape index (κ3) is 2.53. The molecule has 1 aromatic rings. The average Bonchev–Trinajstić information content (AvgIpc) is 2.41. The Balaban J connectivity index is 2.39. The number of ether oxygens (including phenoxy) is 1. The zero-order valence-electron chi connectivity index (χ0n) is 10.5. The second-order valence-electron chi connectivity index (χ2n) is 4.40. The molecule has 0 radical (unpaired) electrons. The van der Waals surface area contributed by atoms with E-state index in [1.54, 1.807) is 4.90 Å². The predicted molar refractivity (Wildman–Crippen MR) is 65.6 cm³/mol. The van der Waals surface area contributed by atoms with Gasteiger partial charge in [-0.1, -0.05) is 6.92 Å². The van der Waals surface area contributed by atoms with E-state index in [0.717, 1.165) is 12.5 Å². The summed E-state index contributed by atoms with van der Waals surface area (Å²) in [7, 11) is 0. The van der Waals surface area contributed by atoms with E-state index in [4.69, 9.17) is 9.84 Å². The number of benzene rings is 1. The van der Waals surface area contributed by atoms with Crippen molar-refractivity contribution in [3.05, 3.63) is 29.3 Å². The molecule has 4 nitrogen and oxygen atoms in total. The lowest BCUT2D eigenvalue weighted by atomic mass is 10.1. The zero-order chi connectivity index (χ0) is 14.0. The molecular formula is C13H15F2NO3. The first-order chi connectivity index (χ1) is 9.06. The van der Waals surface area contributed by atoms with Crippen LogP contribution in [0, 0.1) is 11.6 Å². The van der Waals surface area contributed by atoms with Crippen LogP contribution >= 0.6 is 0 Å². The van der Waals surface area contributed by atoms with E-state index in [2.05, 4.69) is 0 Å². The van der Waals surface area contributed by atoms with Crippen molar-refractivity contribution in [2.45, 2.75) is 19.4 Å². The number of carboxylic acids is 1. The van der Waals surface area contributed by atoms with Gasteiger partial charge in [-0.05, 0) is 18.6 Å². The molecule has 0 amide bonds. The van der Waals surface area contributed by atoms with Crippen molar-refractivity contribution in [2.75, 3.05) is 24.7 Å². The standard InChI is InChI=1S/C13H15F2NO3/c1-2-8-7-19-6-5-16(8)10-4-3-9(13(17)18)11(14)12(10)15/h3-4,8H,2,5-7H2,1H3,(H,17,18). The van der Waals surface area contributed by atoms with Crippen molar-refractivity contribution in [1.82, 2.24) is 0 Å². The lowest BCUT2D eigenvalue weighted by Gasteiger charge is -2.37. The van der Waals surface area contributed by atoms with Crippen molar-refractivity contribution in [1.29, 1.82) is 0 Å². The Kier molecular flexibility index (Phi) is 3.99. The lowest BCUT2D eigenvalue weighted by molar-refractivity contribution is 0.0690. The van der Waals surface area contributed by atoms with E-state index in [9.17, 15) is 13.6 Å². The molecule has 0 aromatic heterocycles. The monoisotopic (exact) mass is 271 g/mol. The van der Waals surface area contributed by atoms with Gasteiger partial charge in [0.05, 0.1) is 30.5 Å². The van der Waals surface area contributed by atoms with Gasteiger partial charge in [0.2, 0.25) is 0 Å². The smallest absolute Gasteiger partial charge is 0.338 e. The number of morpholine rings is 1. The first-order valence-electron chi connectivity index (χ1n) is 6.12. The van der Waals surface area contributed by atoms with Crippen molar-refractivity contribution < 1.29 is 23.4 Å². The number of anilines is 1. The fraction of sp³-hybridized carbons (Fsp3) is 0.462. The maximum atomic E-state index is 14.0. The number of rotatable bonds is 3. The van der Waals surface area contributed by atoms with Gasteiger partial charge in [-0.2, -0.15) is 0 Å². The van der Waals surface area contributed by atoms with Gasteiger partial charge in [0.15, 0.2) is 11.6 Å². The van der Waals surface area contributed by atoms with Crippen LogP contribution < -0.4 is 4.90 Å². The topological polar surface area (TPSA) is 49.8 Å². The molecule has 1 aromatic carbocycles. The van der Waals surface area contributed by atoms with Gasteiger partial charge >= 0.3 is 5.97 Å². The van der Waals surface area contributed by atoms with Crippen LogP contribution in [0.1, 0.15) is 23.7 Å². The van der Waals surface area contributed by atoms with Gasteiger partial charge in [0.1, 0.15) is 0 Å².